The maximum absolute atomic E-state index is 13.0. The number of hydrogen-bond donors (Lipinski definition) is 1. The van der Waals surface area contributed by atoms with Gasteiger partial charge in [-0.2, -0.15) is 5.10 Å². The van der Waals surface area contributed by atoms with Crippen LogP contribution < -0.4 is 5.32 Å². The molecule has 0 unspecified atom stereocenters. The van der Waals surface area contributed by atoms with Gasteiger partial charge in [0.15, 0.2) is 0 Å². The lowest BCUT2D eigenvalue weighted by Crippen LogP contribution is -2.52. The summed E-state index contributed by atoms with van der Waals surface area (Å²) in [4.78, 5) is 20.4. The first kappa shape index (κ1) is 22.4. The van der Waals surface area contributed by atoms with Gasteiger partial charge in [0, 0.05) is 56.2 Å². The highest BCUT2D eigenvalue weighted by atomic mass is 32.1. The van der Waals surface area contributed by atoms with Crippen LogP contribution in [0.1, 0.15) is 74.7 Å². The monoisotopic (exact) mass is 457 g/mol. The third-order valence-corrected chi connectivity index (χ3v) is 8.56. The number of amides is 1. The summed E-state index contributed by atoms with van der Waals surface area (Å²) in [5, 5.41) is 9.17. The van der Waals surface area contributed by atoms with E-state index in [4.69, 9.17) is 5.10 Å². The lowest BCUT2D eigenvalue weighted by molar-refractivity contribution is 0.0683. The molecule has 0 atom stereocenters. The first-order chi connectivity index (χ1) is 15.3. The SMILES string of the molecule is Cc1nn(CC(C)(C)C)c2sc(C(=O)NC3CCC(N4CCN(C5CC5)CC4)CC3)cc12. The number of carbonyl (C=O) groups is 1. The second-order valence-electron chi connectivity index (χ2n) is 11.4. The molecule has 1 saturated heterocycles. The van der Waals surface area contributed by atoms with Crippen LogP contribution in [0.5, 0.6) is 0 Å². The average Bonchev–Trinajstić information content (AvgIpc) is 3.43. The van der Waals surface area contributed by atoms with Crippen molar-refractivity contribution in [3.05, 3.63) is 16.6 Å². The lowest BCUT2D eigenvalue weighted by Gasteiger charge is -2.42. The molecule has 32 heavy (non-hydrogen) atoms. The standard InChI is InChI=1S/C25H39N5OS/c1-17-21-15-22(32-24(21)30(27-17)16-25(2,3)4)23(31)26-18-5-7-19(8-6-18)28-11-13-29(14-12-28)20-9-10-20/h15,18-20H,5-14,16H2,1-4H3,(H,26,31). The highest BCUT2D eigenvalue weighted by Gasteiger charge is 2.34. The molecule has 2 aromatic rings. The van der Waals surface area contributed by atoms with Crippen LogP contribution in [0.3, 0.4) is 0 Å². The highest BCUT2D eigenvalue weighted by Crippen LogP contribution is 2.32. The van der Waals surface area contributed by atoms with Crippen LogP contribution in [-0.2, 0) is 6.54 Å². The molecule has 2 saturated carbocycles. The fraction of sp³-hybridized carbons (Fsp3) is 0.760. The molecule has 3 fully saturated rings. The Labute approximate surface area is 196 Å². The molecule has 1 N–H and O–H groups in total. The van der Waals surface area contributed by atoms with E-state index < -0.39 is 0 Å². The minimum atomic E-state index is 0.0920. The predicted octanol–water partition coefficient (Wildman–Crippen LogP) is 4.27. The third-order valence-electron chi connectivity index (χ3n) is 7.42. The van der Waals surface area contributed by atoms with E-state index in [9.17, 15) is 4.79 Å². The summed E-state index contributed by atoms with van der Waals surface area (Å²) in [7, 11) is 0. The van der Waals surface area contributed by atoms with Gasteiger partial charge in [0.2, 0.25) is 0 Å². The molecule has 3 aliphatic rings. The van der Waals surface area contributed by atoms with E-state index in [-0.39, 0.29) is 11.3 Å². The van der Waals surface area contributed by atoms with Crippen molar-refractivity contribution in [2.75, 3.05) is 26.2 Å². The molecule has 0 radical (unpaired) electrons. The van der Waals surface area contributed by atoms with Gasteiger partial charge < -0.3 is 5.32 Å². The Kier molecular flexibility index (Phi) is 6.10. The van der Waals surface area contributed by atoms with E-state index in [1.165, 1.54) is 51.9 Å². The summed E-state index contributed by atoms with van der Waals surface area (Å²) >= 11 is 1.59. The van der Waals surface area contributed by atoms with Gasteiger partial charge in [-0.1, -0.05) is 20.8 Å². The number of rotatable bonds is 5. The zero-order chi connectivity index (χ0) is 22.5. The van der Waals surface area contributed by atoms with Gasteiger partial charge in [0.05, 0.1) is 10.6 Å². The molecule has 2 aliphatic carbocycles. The molecular formula is C25H39N5OS. The van der Waals surface area contributed by atoms with Crippen LogP contribution in [0, 0.1) is 12.3 Å². The van der Waals surface area contributed by atoms with Gasteiger partial charge in [0.25, 0.3) is 5.91 Å². The topological polar surface area (TPSA) is 53.4 Å². The number of aryl methyl sites for hydroxylation is 1. The summed E-state index contributed by atoms with van der Waals surface area (Å²) < 4.78 is 2.08. The maximum atomic E-state index is 13.0. The van der Waals surface area contributed by atoms with Gasteiger partial charge in [0.1, 0.15) is 4.83 Å². The van der Waals surface area contributed by atoms with Gasteiger partial charge >= 0.3 is 0 Å². The number of nitrogens with one attached hydrogen (secondary N) is 1. The Balaban J connectivity index is 1.15. The number of carbonyl (C=O) groups excluding carboxylic acids is 1. The molecule has 1 amide bonds. The van der Waals surface area contributed by atoms with Crippen LogP contribution in [0.25, 0.3) is 10.2 Å². The minimum absolute atomic E-state index is 0.0920. The Morgan fingerprint density at radius 1 is 1.03 bits per heavy atom. The van der Waals surface area contributed by atoms with Crippen LogP contribution in [-0.4, -0.2) is 69.8 Å². The van der Waals surface area contributed by atoms with Crippen LogP contribution >= 0.6 is 11.3 Å². The van der Waals surface area contributed by atoms with E-state index >= 15 is 0 Å². The van der Waals surface area contributed by atoms with E-state index in [2.05, 4.69) is 40.6 Å². The van der Waals surface area contributed by atoms with E-state index in [1.54, 1.807) is 11.3 Å². The van der Waals surface area contributed by atoms with Crippen LogP contribution in [0.2, 0.25) is 0 Å². The Morgan fingerprint density at radius 3 is 2.12 bits per heavy atom. The Hall–Kier alpha value is -1.44. The maximum Gasteiger partial charge on any atom is 0.261 e. The summed E-state index contributed by atoms with van der Waals surface area (Å²) in [5.41, 5.74) is 1.17. The number of fused-ring (bicyclic) bond motifs is 1. The first-order valence-electron chi connectivity index (χ1n) is 12.5. The summed E-state index contributed by atoms with van der Waals surface area (Å²) in [6.07, 6.45) is 7.45. The second kappa shape index (κ2) is 8.73. The minimum Gasteiger partial charge on any atom is -0.349 e. The van der Waals surface area contributed by atoms with E-state index in [0.717, 1.165) is 46.2 Å². The predicted molar refractivity (Wildman–Crippen MR) is 131 cm³/mol. The third kappa shape index (κ3) is 4.90. The normalized spacial score (nSPS) is 26.0. The number of aromatic nitrogens is 2. The van der Waals surface area contributed by atoms with E-state index in [1.807, 2.05) is 13.0 Å². The zero-order valence-electron chi connectivity index (χ0n) is 20.2. The van der Waals surface area contributed by atoms with Gasteiger partial charge in [-0.05, 0) is 56.9 Å². The highest BCUT2D eigenvalue weighted by molar-refractivity contribution is 7.20. The molecule has 1 aliphatic heterocycles. The molecule has 0 bridgehead atoms. The Bertz CT molecular complexity index is 953. The second-order valence-corrected chi connectivity index (χ2v) is 12.4. The quantitative estimate of drug-likeness (QED) is 0.728. The van der Waals surface area contributed by atoms with Crippen molar-refractivity contribution >= 4 is 27.5 Å². The number of piperazine rings is 1. The summed E-state index contributed by atoms with van der Waals surface area (Å²) in [6, 6.07) is 3.96. The van der Waals surface area contributed by atoms with Gasteiger partial charge in [-0.15, -0.1) is 11.3 Å². The Morgan fingerprint density at radius 2 is 1.59 bits per heavy atom. The van der Waals surface area contributed by atoms with Crippen molar-refractivity contribution in [3.8, 4) is 0 Å². The van der Waals surface area contributed by atoms with Crippen molar-refractivity contribution in [3.63, 3.8) is 0 Å². The van der Waals surface area contributed by atoms with Crippen molar-refractivity contribution in [1.29, 1.82) is 0 Å². The molecular weight excluding hydrogens is 418 g/mol. The molecule has 2 aromatic heterocycles. The van der Waals surface area contributed by atoms with Crippen molar-refractivity contribution in [2.45, 2.75) is 90.9 Å². The number of thiophene rings is 1. The van der Waals surface area contributed by atoms with Crippen LogP contribution in [0.4, 0.5) is 0 Å². The average molecular weight is 458 g/mol. The van der Waals surface area contributed by atoms with Crippen molar-refractivity contribution in [2.24, 2.45) is 5.41 Å². The number of hydrogen-bond acceptors (Lipinski definition) is 5. The smallest absolute Gasteiger partial charge is 0.261 e. The molecule has 0 aromatic carbocycles. The number of nitrogens with zero attached hydrogens (tertiary/aromatic N) is 4. The molecule has 6 nitrogen and oxygen atoms in total. The van der Waals surface area contributed by atoms with Crippen molar-refractivity contribution < 1.29 is 4.79 Å². The van der Waals surface area contributed by atoms with Crippen LogP contribution in [0.15, 0.2) is 6.07 Å². The summed E-state index contributed by atoms with van der Waals surface area (Å²) in [5.74, 6) is 0.0920. The molecule has 176 valence electrons. The van der Waals surface area contributed by atoms with Crippen molar-refractivity contribution in [1.82, 2.24) is 24.9 Å². The largest absolute Gasteiger partial charge is 0.349 e. The van der Waals surface area contributed by atoms with E-state index in [0.29, 0.717) is 12.1 Å². The molecule has 3 heterocycles. The van der Waals surface area contributed by atoms with Gasteiger partial charge in [-0.3, -0.25) is 19.3 Å². The first-order valence-corrected chi connectivity index (χ1v) is 13.3. The fourth-order valence-electron chi connectivity index (χ4n) is 5.53. The molecule has 5 rings (SSSR count). The molecule has 7 heteroatoms. The lowest BCUT2D eigenvalue weighted by atomic mass is 9.89. The zero-order valence-corrected chi connectivity index (χ0v) is 21.0. The fourth-order valence-corrected chi connectivity index (χ4v) is 6.59. The molecule has 0 spiro atoms. The van der Waals surface area contributed by atoms with Gasteiger partial charge in [-0.25, -0.2) is 0 Å². The summed E-state index contributed by atoms with van der Waals surface area (Å²) in [6.45, 7) is 14.5.